The van der Waals surface area contributed by atoms with Gasteiger partial charge in [-0.25, -0.2) is 0 Å². The van der Waals surface area contributed by atoms with Crippen molar-refractivity contribution in [1.29, 1.82) is 0 Å². The molecule has 1 N–H and O–H groups in total. The highest BCUT2D eigenvalue weighted by atomic mass is 14.9. The molecule has 0 bridgehead atoms. The molecule has 0 aliphatic carbocycles. The molecule has 1 heteroatoms. The van der Waals surface area contributed by atoms with Gasteiger partial charge in [-0.2, -0.15) is 0 Å². The fourth-order valence-electron chi connectivity index (χ4n) is 4.68. The van der Waals surface area contributed by atoms with Crippen LogP contribution in [0.1, 0.15) is 29.9 Å². The predicted octanol–water partition coefficient (Wildman–Crippen LogP) is 6.90. The lowest BCUT2D eigenvalue weighted by atomic mass is 9.83. The SMILES string of the molecule is c1ccc(-c2ccc(C(c3ccc(-c4ccccc4)cc3)[C@@H]3CCCN3)cc2)cc1. The number of hydrogen-bond acceptors (Lipinski definition) is 1. The number of hydrogen-bond donors (Lipinski definition) is 1. The highest BCUT2D eigenvalue weighted by molar-refractivity contribution is 5.65. The van der Waals surface area contributed by atoms with Crippen molar-refractivity contribution in [2.24, 2.45) is 0 Å². The Balaban J connectivity index is 1.47. The van der Waals surface area contributed by atoms with Gasteiger partial charge in [0.25, 0.3) is 0 Å². The molecule has 148 valence electrons. The average Bonchev–Trinajstić information content (AvgIpc) is 3.36. The topological polar surface area (TPSA) is 12.0 Å². The summed E-state index contributed by atoms with van der Waals surface area (Å²) in [5.74, 6) is 0.377. The zero-order valence-electron chi connectivity index (χ0n) is 17.2. The van der Waals surface area contributed by atoms with Crippen LogP contribution in [0.5, 0.6) is 0 Å². The van der Waals surface area contributed by atoms with E-state index in [9.17, 15) is 0 Å². The molecule has 1 atom stereocenters. The van der Waals surface area contributed by atoms with Gasteiger partial charge in [0.2, 0.25) is 0 Å². The summed E-state index contributed by atoms with van der Waals surface area (Å²) in [4.78, 5) is 0. The van der Waals surface area contributed by atoms with Crippen LogP contribution in [0.15, 0.2) is 109 Å². The van der Waals surface area contributed by atoms with Crippen LogP contribution in [0.2, 0.25) is 0 Å². The van der Waals surface area contributed by atoms with Gasteiger partial charge in [-0.3, -0.25) is 0 Å². The molecular weight excluding hydrogens is 362 g/mol. The van der Waals surface area contributed by atoms with Crippen LogP contribution < -0.4 is 5.32 Å². The van der Waals surface area contributed by atoms with E-state index in [2.05, 4.69) is 115 Å². The van der Waals surface area contributed by atoms with Crippen LogP contribution in [-0.4, -0.2) is 12.6 Å². The molecule has 1 aliphatic heterocycles. The van der Waals surface area contributed by atoms with E-state index in [0.29, 0.717) is 12.0 Å². The summed E-state index contributed by atoms with van der Waals surface area (Å²) in [6.45, 7) is 1.12. The van der Waals surface area contributed by atoms with E-state index in [-0.39, 0.29) is 0 Å². The van der Waals surface area contributed by atoms with Crippen molar-refractivity contribution < 1.29 is 0 Å². The Labute approximate surface area is 179 Å². The molecule has 5 rings (SSSR count). The maximum atomic E-state index is 3.75. The van der Waals surface area contributed by atoms with Crippen molar-refractivity contribution in [3.63, 3.8) is 0 Å². The van der Waals surface area contributed by atoms with Crippen molar-refractivity contribution in [1.82, 2.24) is 5.32 Å². The molecule has 1 nitrogen and oxygen atoms in total. The highest BCUT2D eigenvalue weighted by Crippen LogP contribution is 2.34. The summed E-state index contributed by atoms with van der Waals surface area (Å²) < 4.78 is 0. The Morgan fingerprint density at radius 1 is 0.533 bits per heavy atom. The summed E-state index contributed by atoms with van der Waals surface area (Å²) in [7, 11) is 0. The van der Waals surface area contributed by atoms with Gasteiger partial charge in [-0.15, -0.1) is 0 Å². The van der Waals surface area contributed by atoms with Crippen molar-refractivity contribution in [2.45, 2.75) is 24.8 Å². The summed E-state index contributed by atoms with van der Waals surface area (Å²) in [5, 5.41) is 3.75. The zero-order chi connectivity index (χ0) is 20.2. The molecule has 1 aliphatic rings. The van der Waals surface area contributed by atoms with Crippen molar-refractivity contribution >= 4 is 0 Å². The van der Waals surface area contributed by atoms with Gasteiger partial charge in [0.1, 0.15) is 0 Å². The Kier molecular flexibility index (Phi) is 5.46. The Bertz CT molecular complexity index is 978. The third-order valence-corrected chi connectivity index (χ3v) is 6.25. The molecule has 0 aromatic heterocycles. The smallest absolute Gasteiger partial charge is 0.0243 e. The second-order valence-corrected chi connectivity index (χ2v) is 8.16. The van der Waals surface area contributed by atoms with E-state index in [0.717, 1.165) is 6.54 Å². The molecule has 1 heterocycles. The molecule has 4 aromatic rings. The zero-order valence-corrected chi connectivity index (χ0v) is 17.2. The molecule has 1 fully saturated rings. The molecule has 1 saturated heterocycles. The molecule has 0 spiro atoms. The van der Waals surface area contributed by atoms with Crippen molar-refractivity contribution in [2.75, 3.05) is 6.54 Å². The normalized spacial score (nSPS) is 16.1. The van der Waals surface area contributed by atoms with E-state index in [1.807, 2.05) is 0 Å². The first-order valence-corrected chi connectivity index (χ1v) is 10.9. The molecule has 4 aromatic carbocycles. The number of nitrogens with one attached hydrogen (secondary N) is 1. The van der Waals surface area contributed by atoms with E-state index < -0.39 is 0 Å². The van der Waals surface area contributed by atoms with Gasteiger partial charge in [0.15, 0.2) is 0 Å². The average molecular weight is 390 g/mol. The van der Waals surface area contributed by atoms with Gasteiger partial charge in [-0.1, -0.05) is 109 Å². The van der Waals surface area contributed by atoms with Crippen LogP contribution in [0.4, 0.5) is 0 Å². The number of benzene rings is 4. The Hall–Kier alpha value is -3.16. The van der Waals surface area contributed by atoms with Crippen LogP contribution >= 0.6 is 0 Å². The first-order valence-electron chi connectivity index (χ1n) is 10.9. The third kappa shape index (κ3) is 3.94. The predicted molar refractivity (Wildman–Crippen MR) is 127 cm³/mol. The second-order valence-electron chi connectivity index (χ2n) is 8.16. The summed E-state index contributed by atoms with van der Waals surface area (Å²) in [5.41, 5.74) is 7.87. The van der Waals surface area contributed by atoms with Crippen LogP contribution in [-0.2, 0) is 0 Å². The summed E-state index contributed by atoms with van der Waals surface area (Å²) >= 11 is 0. The van der Waals surface area contributed by atoms with Gasteiger partial charge >= 0.3 is 0 Å². The van der Waals surface area contributed by atoms with Gasteiger partial charge in [0.05, 0.1) is 0 Å². The third-order valence-electron chi connectivity index (χ3n) is 6.25. The fraction of sp³-hybridized carbons (Fsp3) is 0.172. The Morgan fingerprint density at radius 2 is 0.967 bits per heavy atom. The molecule has 0 amide bonds. The van der Waals surface area contributed by atoms with Crippen LogP contribution in [0, 0.1) is 0 Å². The molecule has 30 heavy (non-hydrogen) atoms. The first-order chi connectivity index (χ1) is 14.9. The second kappa shape index (κ2) is 8.69. The lowest BCUT2D eigenvalue weighted by molar-refractivity contribution is 0.540. The minimum atomic E-state index is 0.377. The van der Waals surface area contributed by atoms with E-state index in [1.165, 1.54) is 46.2 Å². The maximum absolute atomic E-state index is 3.75. The van der Waals surface area contributed by atoms with E-state index >= 15 is 0 Å². The van der Waals surface area contributed by atoms with E-state index in [4.69, 9.17) is 0 Å². The largest absolute Gasteiger partial charge is 0.313 e. The van der Waals surface area contributed by atoms with Crippen molar-refractivity contribution in [3.05, 3.63) is 120 Å². The summed E-state index contributed by atoms with van der Waals surface area (Å²) in [6, 6.07) is 40.1. The van der Waals surface area contributed by atoms with E-state index in [1.54, 1.807) is 0 Å². The van der Waals surface area contributed by atoms with Gasteiger partial charge in [0, 0.05) is 12.0 Å². The quantitative estimate of drug-likeness (QED) is 0.391. The minimum Gasteiger partial charge on any atom is -0.313 e. The van der Waals surface area contributed by atoms with Gasteiger partial charge in [-0.05, 0) is 52.8 Å². The summed E-state index contributed by atoms with van der Waals surface area (Å²) in [6.07, 6.45) is 2.48. The number of rotatable bonds is 5. The molecule has 0 radical (unpaired) electrons. The first kappa shape index (κ1) is 18.8. The van der Waals surface area contributed by atoms with Gasteiger partial charge < -0.3 is 5.32 Å². The lowest BCUT2D eigenvalue weighted by Gasteiger charge is -2.25. The molecule has 0 unspecified atom stereocenters. The molecular formula is C29H27N. The minimum absolute atomic E-state index is 0.377. The van der Waals surface area contributed by atoms with Crippen molar-refractivity contribution in [3.8, 4) is 22.3 Å². The van der Waals surface area contributed by atoms with Crippen LogP contribution in [0.25, 0.3) is 22.3 Å². The Morgan fingerprint density at radius 3 is 1.37 bits per heavy atom. The molecule has 0 saturated carbocycles. The van der Waals surface area contributed by atoms with Crippen LogP contribution in [0.3, 0.4) is 0 Å². The lowest BCUT2D eigenvalue weighted by Crippen LogP contribution is -2.29. The standard InChI is InChI=1S/C29H27N/c1-3-8-22(9-4-1)24-13-17-26(18-14-24)29(28-12-7-21-30-28)27-19-15-25(16-20-27)23-10-5-2-6-11-23/h1-6,8-11,13-20,28-30H,7,12,21H2/t28-/m0/s1. The monoisotopic (exact) mass is 389 g/mol. The fourth-order valence-corrected chi connectivity index (χ4v) is 4.68. The highest BCUT2D eigenvalue weighted by Gasteiger charge is 2.27. The maximum Gasteiger partial charge on any atom is 0.0243 e.